The van der Waals surface area contributed by atoms with Crippen LogP contribution < -0.4 is 0 Å². The average Bonchev–Trinajstić information content (AvgIpc) is 2.73. The van der Waals surface area contributed by atoms with Gasteiger partial charge in [-0.2, -0.15) is 0 Å². The van der Waals surface area contributed by atoms with E-state index in [1.54, 1.807) is 6.20 Å². The van der Waals surface area contributed by atoms with Gasteiger partial charge in [0.25, 0.3) is 0 Å². The van der Waals surface area contributed by atoms with Crippen molar-refractivity contribution in [2.24, 2.45) is 0 Å². The molecule has 0 amide bonds. The molecule has 0 unspecified atom stereocenters. The van der Waals surface area contributed by atoms with E-state index in [1.807, 2.05) is 18.2 Å². The number of phenolic OH excluding ortho intramolecular Hbond substituents is 1. The molecule has 2 aromatic rings. The summed E-state index contributed by atoms with van der Waals surface area (Å²) in [5.41, 5.74) is 1.48. The van der Waals surface area contributed by atoms with Gasteiger partial charge in [0, 0.05) is 23.7 Å². The zero-order chi connectivity index (χ0) is 13.9. The van der Waals surface area contributed by atoms with Crippen LogP contribution in [0.25, 0.3) is 10.9 Å². The van der Waals surface area contributed by atoms with E-state index < -0.39 is 0 Å². The summed E-state index contributed by atoms with van der Waals surface area (Å²) in [5, 5.41) is 11.9. The zero-order valence-corrected chi connectivity index (χ0v) is 12.2. The fourth-order valence-electron chi connectivity index (χ4n) is 2.89. The Balaban J connectivity index is 1.93. The number of aromatic hydroxyl groups is 1. The zero-order valence-electron chi connectivity index (χ0n) is 11.5. The van der Waals surface area contributed by atoms with Gasteiger partial charge in [0.15, 0.2) is 0 Å². The van der Waals surface area contributed by atoms with Crippen LogP contribution in [0.5, 0.6) is 5.75 Å². The van der Waals surface area contributed by atoms with E-state index in [4.69, 9.17) is 11.6 Å². The van der Waals surface area contributed by atoms with Crippen LogP contribution in [0.3, 0.4) is 0 Å². The lowest BCUT2D eigenvalue weighted by atomic mass is 10.1. The lowest BCUT2D eigenvalue weighted by molar-refractivity contribution is 0.273. The van der Waals surface area contributed by atoms with Crippen molar-refractivity contribution in [1.29, 1.82) is 0 Å². The molecule has 20 heavy (non-hydrogen) atoms. The second kappa shape index (κ2) is 5.98. The maximum absolute atomic E-state index is 10.4. The third-order valence-corrected chi connectivity index (χ3v) is 4.30. The maximum Gasteiger partial charge on any atom is 0.146 e. The van der Waals surface area contributed by atoms with Crippen LogP contribution in [-0.2, 0) is 6.54 Å². The minimum Gasteiger partial charge on any atom is -0.505 e. The van der Waals surface area contributed by atoms with E-state index in [-0.39, 0.29) is 5.75 Å². The van der Waals surface area contributed by atoms with Gasteiger partial charge in [0.05, 0.1) is 5.02 Å². The Labute approximate surface area is 124 Å². The number of rotatable bonds is 2. The molecule has 1 aromatic carbocycles. The highest BCUT2D eigenvalue weighted by atomic mass is 35.5. The molecule has 1 fully saturated rings. The van der Waals surface area contributed by atoms with Gasteiger partial charge in [-0.05, 0) is 44.1 Å². The van der Waals surface area contributed by atoms with Crippen molar-refractivity contribution in [2.45, 2.75) is 32.2 Å². The average molecular weight is 291 g/mol. The smallest absolute Gasteiger partial charge is 0.146 e. The minimum absolute atomic E-state index is 0.272. The van der Waals surface area contributed by atoms with Crippen molar-refractivity contribution in [3.05, 3.63) is 35.0 Å². The normalized spacial score (nSPS) is 17.2. The summed E-state index contributed by atoms with van der Waals surface area (Å²) in [5.74, 6) is 0.272. The molecule has 0 radical (unpaired) electrons. The Bertz CT molecular complexity index is 607. The van der Waals surface area contributed by atoms with Gasteiger partial charge >= 0.3 is 0 Å². The molecule has 1 saturated heterocycles. The number of hydrogen-bond acceptors (Lipinski definition) is 3. The number of fused-ring (bicyclic) bond motifs is 1. The number of benzene rings is 1. The van der Waals surface area contributed by atoms with Gasteiger partial charge in [-0.1, -0.05) is 24.4 Å². The van der Waals surface area contributed by atoms with Crippen LogP contribution in [0, 0.1) is 0 Å². The molecular weight excluding hydrogens is 272 g/mol. The third-order valence-electron chi connectivity index (χ3n) is 3.99. The first-order valence-electron chi connectivity index (χ1n) is 7.23. The van der Waals surface area contributed by atoms with Gasteiger partial charge < -0.3 is 5.11 Å². The standard InChI is InChI=1S/C16H19ClN2O/c17-14-10-12(11-19-8-3-1-2-4-9-19)16(20)15-13(14)6-5-7-18-15/h5-7,10,20H,1-4,8-9,11H2. The number of halogens is 1. The molecule has 0 bridgehead atoms. The van der Waals surface area contributed by atoms with E-state index >= 15 is 0 Å². The monoisotopic (exact) mass is 290 g/mol. The summed E-state index contributed by atoms with van der Waals surface area (Å²) in [6, 6.07) is 5.61. The first-order valence-corrected chi connectivity index (χ1v) is 7.61. The largest absolute Gasteiger partial charge is 0.505 e. The molecule has 1 aliphatic heterocycles. The Kier molecular flexibility index (Phi) is 4.08. The van der Waals surface area contributed by atoms with Gasteiger partial charge in [-0.15, -0.1) is 0 Å². The highest BCUT2D eigenvalue weighted by Gasteiger charge is 2.15. The van der Waals surface area contributed by atoms with Crippen LogP contribution in [0.4, 0.5) is 0 Å². The fourth-order valence-corrected chi connectivity index (χ4v) is 3.18. The molecule has 3 nitrogen and oxygen atoms in total. The topological polar surface area (TPSA) is 36.4 Å². The highest BCUT2D eigenvalue weighted by Crippen LogP contribution is 2.33. The molecule has 1 aliphatic rings. The Morgan fingerprint density at radius 3 is 2.70 bits per heavy atom. The first kappa shape index (κ1) is 13.7. The van der Waals surface area contributed by atoms with E-state index in [0.29, 0.717) is 10.5 Å². The van der Waals surface area contributed by atoms with Crippen LogP contribution in [0.15, 0.2) is 24.4 Å². The Morgan fingerprint density at radius 1 is 1.20 bits per heavy atom. The number of hydrogen-bond donors (Lipinski definition) is 1. The second-order valence-electron chi connectivity index (χ2n) is 5.46. The summed E-state index contributed by atoms with van der Waals surface area (Å²) in [6.07, 6.45) is 6.78. The predicted molar refractivity (Wildman–Crippen MR) is 82.2 cm³/mol. The lowest BCUT2D eigenvalue weighted by Gasteiger charge is -2.21. The third kappa shape index (κ3) is 2.74. The molecule has 1 N–H and O–H groups in total. The minimum atomic E-state index is 0.272. The van der Waals surface area contributed by atoms with Crippen molar-refractivity contribution >= 4 is 22.5 Å². The number of nitrogens with zero attached hydrogens (tertiary/aromatic N) is 2. The first-order chi connectivity index (χ1) is 9.75. The maximum atomic E-state index is 10.4. The summed E-state index contributed by atoms with van der Waals surface area (Å²) in [4.78, 5) is 6.66. The van der Waals surface area contributed by atoms with Crippen molar-refractivity contribution in [2.75, 3.05) is 13.1 Å². The van der Waals surface area contributed by atoms with E-state index in [1.165, 1.54) is 25.7 Å². The van der Waals surface area contributed by atoms with Crippen LogP contribution >= 0.6 is 11.6 Å². The Morgan fingerprint density at radius 2 is 1.95 bits per heavy atom. The van der Waals surface area contributed by atoms with Crippen molar-refractivity contribution in [1.82, 2.24) is 9.88 Å². The van der Waals surface area contributed by atoms with Crippen LogP contribution in [0.2, 0.25) is 5.02 Å². The molecule has 0 atom stereocenters. The quantitative estimate of drug-likeness (QED) is 0.909. The predicted octanol–water partition coefficient (Wildman–Crippen LogP) is 3.97. The molecule has 106 valence electrons. The molecule has 0 spiro atoms. The number of aromatic nitrogens is 1. The summed E-state index contributed by atoms with van der Waals surface area (Å²) < 4.78 is 0. The molecule has 1 aromatic heterocycles. The van der Waals surface area contributed by atoms with Gasteiger partial charge in [-0.25, -0.2) is 0 Å². The molecule has 4 heteroatoms. The fraction of sp³-hybridized carbons (Fsp3) is 0.438. The van der Waals surface area contributed by atoms with Crippen molar-refractivity contribution in [3.63, 3.8) is 0 Å². The van der Waals surface area contributed by atoms with Gasteiger partial charge in [0.1, 0.15) is 11.3 Å². The second-order valence-corrected chi connectivity index (χ2v) is 5.86. The van der Waals surface area contributed by atoms with E-state index in [9.17, 15) is 5.11 Å². The Hall–Kier alpha value is -1.32. The summed E-state index contributed by atoms with van der Waals surface area (Å²) in [7, 11) is 0. The molecule has 2 heterocycles. The van der Waals surface area contributed by atoms with Crippen molar-refractivity contribution < 1.29 is 5.11 Å². The van der Waals surface area contributed by atoms with Gasteiger partial charge in [-0.3, -0.25) is 9.88 Å². The molecule has 0 saturated carbocycles. The van der Waals surface area contributed by atoms with Crippen LogP contribution in [0.1, 0.15) is 31.2 Å². The van der Waals surface area contributed by atoms with E-state index in [2.05, 4.69) is 9.88 Å². The van der Waals surface area contributed by atoms with Crippen molar-refractivity contribution in [3.8, 4) is 5.75 Å². The number of pyridine rings is 1. The lowest BCUT2D eigenvalue weighted by Crippen LogP contribution is -2.24. The number of phenols is 1. The summed E-state index contributed by atoms with van der Waals surface area (Å²) >= 11 is 6.31. The highest BCUT2D eigenvalue weighted by molar-refractivity contribution is 6.35. The summed E-state index contributed by atoms with van der Waals surface area (Å²) in [6.45, 7) is 2.94. The molecule has 0 aliphatic carbocycles. The molecule has 3 rings (SSSR count). The van der Waals surface area contributed by atoms with Crippen LogP contribution in [-0.4, -0.2) is 28.1 Å². The van der Waals surface area contributed by atoms with Gasteiger partial charge in [0.2, 0.25) is 0 Å². The molecular formula is C16H19ClN2O. The SMILES string of the molecule is Oc1c(CN2CCCCCC2)cc(Cl)c2cccnc12. The van der Waals surface area contributed by atoms with E-state index in [0.717, 1.165) is 30.6 Å². The number of likely N-dealkylation sites (tertiary alicyclic amines) is 1.